The summed E-state index contributed by atoms with van der Waals surface area (Å²) in [5.74, 6) is 3.68. The van der Waals surface area contributed by atoms with Gasteiger partial charge in [-0.15, -0.1) is 22.7 Å². The first-order chi connectivity index (χ1) is 13.7. The molecule has 0 radical (unpaired) electrons. The Morgan fingerprint density at radius 3 is 2.39 bits per heavy atom. The fourth-order valence-electron chi connectivity index (χ4n) is 8.05. The molecule has 3 aromatic rings. The van der Waals surface area contributed by atoms with E-state index in [0.29, 0.717) is 6.04 Å². The Hall–Kier alpha value is -1.32. The molecule has 0 amide bonds. The number of aryl methyl sites for hydroxylation is 1. The van der Waals surface area contributed by atoms with Crippen molar-refractivity contribution in [3.05, 3.63) is 51.7 Å². The molecule has 8 rings (SSSR count). The molecule has 1 aliphatic heterocycles. The zero-order chi connectivity index (χ0) is 18.6. The molecule has 4 aliphatic carbocycles. The van der Waals surface area contributed by atoms with Crippen molar-refractivity contribution >= 4 is 37.8 Å². The van der Waals surface area contributed by atoms with Gasteiger partial charge in [0.25, 0.3) is 0 Å². The number of rotatable bonds is 1. The van der Waals surface area contributed by atoms with Crippen molar-refractivity contribution < 1.29 is 0 Å². The van der Waals surface area contributed by atoms with Gasteiger partial charge in [-0.05, 0) is 92.7 Å². The first kappa shape index (κ1) is 16.5. The Morgan fingerprint density at radius 1 is 0.964 bits per heavy atom. The van der Waals surface area contributed by atoms with Gasteiger partial charge in [0.15, 0.2) is 0 Å². The molecule has 0 saturated heterocycles. The quantitative estimate of drug-likeness (QED) is 0.405. The fourth-order valence-corrected chi connectivity index (χ4v) is 10.4. The second-order valence-electron chi connectivity index (χ2n) is 9.93. The third kappa shape index (κ3) is 1.80. The standard InChI is InChI=1S/C25H27NS2/c1-14-5-3-4-6-21(14)26-15(2)23-22(20-7-8-27-24(20)28-23)25(26)18-10-16-9-17(12-18)13-19(25)11-16/h3-8,15-19H,9-13H2,1-2H3. The van der Waals surface area contributed by atoms with E-state index in [-0.39, 0.29) is 5.54 Å². The zero-order valence-electron chi connectivity index (χ0n) is 16.7. The molecule has 4 bridgehead atoms. The molecule has 1 aromatic carbocycles. The van der Waals surface area contributed by atoms with Crippen molar-refractivity contribution in [2.24, 2.45) is 23.7 Å². The molecule has 1 atom stereocenters. The minimum atomic E-state index is 0.244. The SMILES string of the molecule is Cc1ccccc1N1C(C)c2sc3sccc3c2C12C1CC3CC(C1)CC2C3. The van der Waals surface area contributed by atoms with Crippen LogP contribution in [0.5, 0.6) is 0 Å². The molecule has 1 nitrogen and oxygen atoms in total. The van der Waals surface area contributed by atoms with E-state index in [1.807, 2.05) is 11.3 Å². The lowest BCUT2D eigenvalue weighted by atomic mass is 9.47. The summed E-state index contributed by atoms with van der Waals surface area (Å²) in [6.45, 7) is 4.81. The summed E-state index contributed by atoms with van der Waals surface area (Å²) in [5.41, 5.74) is 4.94. The van der Waals surface area contributed by atoms with E-state index in [2.05, 4.69) is 65.8 Å². The molecule has 144 valence electrons. The number of thiophene rings is 2. The monoisotopic (exact) mass is 405 g/mol. The average Bonchev–Trinajstić information content (AvgIpc) is 3.32. The third-order valence-corrected chi connectivity index (χ3v) is 11.1. The predicted molar refractivity (Wildman–Crippen MR) is 120 cm³/mol. The van der Waals surface area contributed by atoms with Crippen LogP contribution >= 0.6 is 22.7 Å². The summed E-state index contributed by atoms with van der Waals surface area (Å²) in [6, 6.07) is 12.1. The maximum Gasteiger partial charge on any atom is 0.0872 e. The van der Waals surface area contributed by atoms with Crippen LogP contribution in [-0.2, 0) is 5.54 Å². The normalized spacial score (nSPS) is 38.1. The lowest BCUT2D eigenvalue weighted by Crippen LogP contribution is -2.62. The van der Waals surface area contributed by atoms with Crippen molar-refractivity contribution in [3.8, 4) is 0 Å². The lowest BCUT2D eigenvalue weighted by Gasteiger charge is -2.64. The molecule has 1 unspecified atom stereocenters. The van der Waals surface area contributed by atoms with Crippen LogP contribution in [0.15, 0.2) is 35.7 Å². The van der Waals surface area contributed by atoms with E-state index in [1.165, 1.54) is 43.4 Å². The van der Waals surface area contributed by atoms with Crippen LogP contribution in [0, 0.1) is 30.6 Å². The molecule has 5 aliphatic rings. The lowest BCUT2D eigenvalue weighted by molar-refractivity contribution is -0.0596. The molecule has 2 aromatic heterocycles. The van der Waals surface area contributed by atoms with Gasteiger partial charge >= 0.3 is 0 Å². The zero-order valence-corrected chi connectivity index (χ0v) is 18.3. The van der Waals surface area contributed by atoms with E-state index in [1.54, 1.807) is 19.8 Å². The van der Waals surface area contributed by atoms with E-state index in [9.17, 15) is 0 Å². The third-order valence-electron chi connectivity index (χ3n) is 8.67. The summed E-state index contributed by atoms with van der Waals surface area (Å²) in [7, 11) is 0. The Balaban J connectivity index is 1.55. The number of fused-ring (bicyclic) bond motifs is 3. The summed E-state index contributed by atoms with van der Waals surface area (Å²) in [4.78, 5) is 4.62. The van der Waals surface area contributed by atoms with Gasteiger partial charge in [-0.1, -0.05) is 18.2 Å². The van der Waals surface area contributed by atoms with Gasteiger partial charge in [-0.3, -0.25) is 0 Å². The first-order valence-electron chi connectivity index (χ1n) is 11.0. The maximum absolute atomic E-state index is 2.94. The smallest absolute Gasteiger partial charge is 0.0872 e. The molecule has 4 fully saturated rings. The number of anilines is 1. The van der Waals surface area contributed by atoms with Crippen LogP contribution in [0.25, 0.3) is 9.40 Å². The number of para-hydroxylation sites is 1. The summed E-state index contributed by atoms with van der Waals surface area (Å²) < 4.78 is 1.56. The average molecular weight is 406 g/mol. The number of hydrogen-bond donors (Lipinski definition) is 0. The van der Waals surface area contributed by atoms with E-state index in [0.717, 1.165) is 23.7 Å². The van der Waals surface area contributed by atoms with Crippen molar-refractivity contribution in [2.75, 3.05) is 4.90 Å². The van der Waals surface area contributed by atoms with E-state index in [4.69, 9.17) is 0 Å². The van der Waals surface area contributed by atoms with Gasteiger partial charge in [0, 0.05) is 21.5 Å². The Morgan fingerprint density at radius 2 is 1.68 bits per heavy atom. The largest absolute Gasteiger partial charge is 0.353 e. The molecular formula is C25H27NS2. The number of nitrogens with zero attached hydrogens (tertiary/aromatic N) is 1. The summed E-state index contributed by atoms with van der Waals surface area (Å²) >= 11 is 4.06. The van der Waals surface area contributed by atoms with Crippen LogP contribution in [0.4, 0.5) is 5.69 Å². The summed E-state index contributed by atoms with van der Waals surface area (Å²) in [6.07, 6.45) is 7.37. The number of benzene rings is 1. The number of hydrogen-bond acceptors (Lipinski definition) is 3. The van der Waals surface area contributed by atoms with Gasteiger partial charge in [0.1, 0.15) is 0 Å². The van der Waals surface area contributed by atoms with Crippen LogP contribution in [-0.4, -0.2) is 0 Å². The van der Waals surface area contributed by atoms with Crippen LogP contribution in [0.3, 0.4) is 0 Å². The maximum atomic E-state index is 2.94. The fraction of sp³-hybridized carbons (Fsp3) is 0.520. The van der Waals surface area contributed by atoms with Crippen LogP contribution in [0.1, 0.15) is 61.1 Å². The van der Waals surface area contributed by atoms with Crippen molar-refractivity contribution in [1.82, 2.24) is 0 Å². The topological polar surface area (TPSA) is 3.24 Å². The van der Waals surface area contributed by atoms with Gasteiger partial charge in [0.2, 0.25) is 0 Å². The highest BCUT2D eigenvalue weighted by Gasteiger charge is 2.65. The van der Waals surface area contributed by atoms with Crippen molar-refractivity contribution in [1.29, 1.82) is 0 Å². The van der Waals surface area contributed by atoms with Crippen LogP contribution in [0.2, 0.25) is 0 Å². The highest BCUT2D eigenvalue weighted by Crippen LogP contribution is 2.70. The molecule has 0 N–H and O–H groups in total. The van der Waals surface area contributed by atoms with Gasteiger partial charge in [-0.2, -0.15) is 0 Å². The highest BCUT2D eigenvalue weighted by molar-refractivity contribution is 7.37. The first-order valence-corrected chi connectivity index (χ1v) is 12.7. The van der Waals surface area contributed by atoms with E-state index < -0.39 is 0 Å². The minimum absolute atomic E-state index is 0.244. The molecule has 28 heavy (non-hydrogen) atoms. The van der Waals surface area contributed by atoms with Crippen molar-refractivity contribution in [3.63, 3.8) is 0 Å². The van der Waals surface area contributed by atoms with Gasteiger partial charge < -0.3 is 4.90 Å². The molecular weight excluding hydrogens is 378 g/mol. The molecule has 3 heteroatoms. The van der Waals surface area contributed by atoms with E-state index >= 15 is 0 Å². The van der Waals surface area contributed by atoms with Crippen LogP contribution < -0.4 is 4.90 Å². The highest BCUT2D eigenvalue weighted by atomic mass is 32.2. The molecule has 3 heterocycles. The second-order valence-corrected chi connectivity index (χ2v) is 12.2. The summed E-state index contributed by atoms with van der Waals surface area (Å²) in [5, 5.41) is 3.92. The predicted octanol–water partition coefficient (Wildman–Crippen LogP) is 7.50. The Kier molecular flexibility index (Phi) is 3.19. The minimum Gasteiger partial charge on any atom is -0.353 e. The second kappa shape index (κ2) is 5.43. The Bertz CT molecular complexity index is 1060. The molecule has 4 saturated carbocycles. The van der Waals surface area contributed by atoms with Gasteiger partial charge in [0.05, 0.1) is 15.6 Å². The molecule has 1 spiro atoms. The van der Waals surface area contributed by atoms with Crippen molar-refractivity contribution in [2.45, 2.75) is 57.5 Å². The van der Waals surface area contributed by atoms with Gasteiger partial charge in [-0.25, -0.2) is 0 Å². The Labute approximate surface area is 175 Å².